The van der Waals surface area contributed by atoms with E-state index >= 15 is 0 Å². The molecule has 1 aromatic carbocycles. The lowest BCUT2D eigenvalue weighted by atomic mass is 9.90. The van der Waals surface area contributed by atoms with Gasteiger partial charge in [-0.25, -0.2) is 0 Å². The van der Waals surface area contributed by atoms with Crippen molar-refractivity contribution in [3.05, 3.63) is 35.7 Å². The molecule has 2 unspecified atom stereocenters. The number of rotatable bonds is 5. The highest BCUT2D eigenvalue weighted by molar-refractivity contribution is 5.70. The van der Waals surface area contributed by atoms with Crippen LogP contribution in [0.2, 0.25) is 0 Å². The van der Waals surface area contributed by atoms with Gasteiger partial charge in [-0.15, -0.1) is 0 Å². The molecule has 1 saturated heterocycles. The Bertz CT molecular complexity index is 724. The zero-order chi connectivity index (χ0) is 18.0. The highest BCUT2D eigenvalue weighted by Crippen LogP contribution is 2.24. The molecule has 1 fully saturated rings. The SMILES string of the molecule is CC1CC(C(=O)O)CN(Cc2nc(-c3ccc(C(C)C)cc3)no2)C1. The molecule has 0 saturated carbocycles. The van der Waals surface area contributed by atoms with Gasteiger partial charge in [-0.2, -0.15) is 4.98 Å². The van der Waals surface area contributed by atoms with Crippen LogP contribution < -0.4 is 0 Å². The number of likely N-dealkylation sites (tertiary alicyclic amines) is 1. The van der Waals surface area contributed by atoms with E-state index in [1.54, 1.807) is 0 Å². The number of hydrogen-bond acceptors (Lipinski definition) is 5. The summed E-state index contributed by atoms with van der Waals surface area (Å²) in [6.45, 7) is 8.27. The number of hydrogen-bond donors (Lipinski definition) is 1. The molecule has 0 amide bonds. The van der Waals surface area contributed by atoms with E-state index in [2.05, 4.69) is 47.9 Å². The molecule has 134 valence electrons. The summed E-state index contributed by atoms with van der Waals surface area (Å²) in [4.78, 5) is 17.9. The molecule has 2 aromatic rings. The fourth-order valence-electron chi connectivity index (χ4n) is 3.41. The Balaban J connectivity index is 1.68. The summed E-state index contributed by atoms with van der Waals surface area (Å²) in [7, 11) is 0. The third kappa shape index (κ3) is 4.25. The second kappa shape index (κ2) is 7.35. The minimum atomic E-state index is -0.729. The van der Waals surface area contributed by atoms with Crippen molar-refractivity contribution in [1.82, 2.24) is 15.0 Å². The predicted molar refractivity (Wildman–Crippen MR) is 94.0 cm³/mol. The second-order valence-electron chi connectivity index (χ2n) is 7.36. The normalized spacial score (nSPS) is 21.6. The van der Waals surface area contributed by atoms with Gasteiger partial charge in [0.25, 0.3) is 0 Å². The van der Waals surface area contributed by atoms with Gasteiger partial charge in [0.1, 0.15) is 0 Å². The van der Waals surface area contributed by atoms with Gasteiger partial charge in [0.15, 0.2) is 0 Å². The Hall–Kier alpha value is -2.21. The van der Waals surface area contributed by atoms with Gasteiger partial charge < -0.3 is 9.63 Å². The van der Waals surface area contributed by atoms with Crippen molar-refractivity contribution in [3.63, 3.8) is 0 Å². The number of piperidine rings is 1. The lowest BCUT2D eigenvalue weighted by molar-refractivity contribution is -0.144. The van der Waals surface area contributed by atoms with Gasteiger partial charge in [-0.05, 0) is 23.8 Å². The second-order valence-corrected chi connectivity index (χ2v) is 7.36. The van der Waals surface area contributed by atoms with Crippen LogP contribution in [0.25, 0.3) is 11.4 Å². The lowest BCUT2D eigenvalue weighted by Crippen LogP contribution is -2.42. The summed E-state index contributed by atoms with van der Waals surface area (Å²) in [6, 6.07) is 8.18. The molecule has 1 aliphatic rings. The highest BCUT2D eigenvalue weighted by Gasteiger charge is 2.30. The van der Waals surface area contributed by atoms with Gasteiger partial charge in [0, 0.05) is 18.7 Å². The molecule has 1 aromatic heterocycles. The van der Waals surface area contributed by atoms with E-state index in [1.807, 2.05) is 12.1 Å². The topological polar surface area (TPSA) is 79.5 Å². The molecule has 2 heterocycles. The number of benzene rings is 1. The fraction of sp³-hybridized carbons (Fsp3) is 0.526. The van der Waals surface area contributed by atoms with Gasteiger partial charge in [0.2, 0.25) is 11.7 Å². The molecule has 0 bridgehead atoms. The highest BCUT2D eigenvalue weighted by atomic mass is 16.5. The number of aliphatic carboxylic acids is 1. The van der Waals surface area contributed by atoms with Crippen LogP contribution in [0, 0.1) is 11.8 Å². The Morgan fingerprint density at radius 3 is 2.68 bits per heavy atom. The van der Waals surface area contributed by atoms with Crippen LogP contribution in [0.4, 0.5) is 0 Å². The van der Waals surface area contributed by atoms with Crippen LogP contribution >= 0.6 is 0 Å². The maximum atomic E-state index is 11.3. The standard InChI is InChI=1S/C19H25N3O3/c1-12(2)14-4-6-15(7-5-14)18-20-17(25-21-18)11-22-9-13(3)8-16(10-22)19(23)24/h4-7,12-13,16H,8-11H2,1-3H3,(H,23,24). The number of carboxylic acids is 1. The minimum absolute atomic E-state index is 0.324. The van der Waals surface area contributed by atoms with Crippen molar-refractivity contribution in [2.24, 2.45) is 11.8 Å². The molecule has 0 aliphatic carbocycles. The van der Waals surface area contributed by atoms with E-state index in [0.29, 0.717) is 36.6 Å². The third-order valence-corrected chi connectivity index (χ3v) is 4.75. The fourth-order valence-corrected chi connectivity index (χ4v) is 3.41. The zero-order valence-electron chi connectivity index (χ0n) is 15.0. The van der Waals surface area contributed by atoms with Crippen LogP contribution in [0.3, 0.4) is 0 Å². The van der Waals surface area contributed by atoms with Crippen LogP contribution in [-0.4, -0.2) is 39.2 Å². The number of aromatic nitrogens is 2. The zero-order valence-corrected chi connectivity index (χ0v) is 15.0. The van der Waals surface area contributed by atoms with Crippen LogP contribution in [0.1, 0.15) is 44.6 Å². The molecule has 6 nitrogen and oxygen atoms in total. The summed E-state index contributed by atoms with van der Waals surface area (Å²) in [6.07, 6.45) is 0.725. The molecular weight excluding hydrogens is 318 g/mol. The maximum Gasteiger partial charge on any atom is 0.307 e. The van der Waals surface area contributed by atoms with Gasteiger partial charge in [-0.1, -0.05) is 50.2 Å². The molecule has 0 spiro atoms. The van der Waals surface area contributed by atoms with Gasteiger partial charge in [-0.3, -0.25) is 9.69 Å². The van der Waals surface area contributed by atoms with Crippen LogP contribution in [0.15, 0.2) is 28.8 Å². The van der Waals surface area contributed by atoms with Crippen molar-refractivity contribution in [3.8, 4) is 11.4 Å². The summed E-state index contributed by atoms with van der Waals surface area (Å²) in [5.41, 5.74) is 2.20. The average Bonchev–Trinajstić information content (AvgIpc) is 3.02. The first-order valence-corrected chi connectivity index (χ1v) is 8.80. The average molecular weight is 343 g/mol. The molecule has 25 heavy (non-hydrogen) atoms. The van der Waals surface area contributed by atoms with Crippen molar-refractivity contribution in [2.75, 3.05) is 13.1 Å². The molecular formula is C19H25N3O3. The summed E-state index contributed by atoms with van der Waals surface area (Å²) >= 11 is 0. The maximum absolute atomic E-state index is 11.3. The molecule has 1 aliphatic heterocycles. The van der Waals surface area contributed by atoms with E-state index in [1.165, 1.54) is 5.56 Å². The van der Waals surface area contributed by atoms with E-state index < -0.39 is 5.97 Å². The quantitative estimate of drug-likeness (QED) is 0.896. The molecule has 6 heteroatoms. The van der Waals surface area contributed by atoms with E-state index in [9.17, 15) is 9.90 Å². The van der Waals surface area contributed by atoms with Crippen molar-refractivity contribution >= 4 is 5.97 Å². The predicted octanol–water partition coefficient (Wildman–Crippen LogP) is 3.40. The first-order valence-electron chi connectivity index (χ1n) is 8.80. The Labute approximate surface area is 147 Å². The summed E-state index contributed by atoms with van der Waals surface area (Å²) < 4.78 is 5.38. The molecule has 2 atom stereocenters. The Morgan fingerprint density at radius 2 is 2.04 bits per heavy atom. The van der Waals surface area contributed by atoms with Crippen molar-refractivity contribution in [1.29, 1.82) is 0 Å². The van der Waals surface area contributed by atoms with E-state index in [-0.39, 0.29) is 5.92 Å². The monoisotopic (exact) mass is 343 g/mol. The summed E-state index contributed by atoms with van der Waals surface area (Å²) in [5.74, 6) is 0.882. The number of carboxylic acid groups (broad SMARTS) is 1. The largest absolute Gasteiger partial charge is 0.481 e. The molecule has 0 radical (unpaired) electrons. The van der Waals surface area contributed by atoms with Crippen LogP contribution in [-0.2, 0) is 11.3 Å². The van der Waals surface area contributed by atoms with Gasteiger partial charge in [0.05, 0.1) is 12.5 Å². The summed E-state index contributed by atoms with van der Waals surface area (Å²) in [5, 5.41) is 13.3. The van der Waals surface area contributed by atoms with Crippen molar-refractivity contribution in [2.45, 2.75) is 39.7 Å². The first-order chi connectivity index (χ1) is 11.9. The Morgan fingerprint density at radius 1 is 1.32 bits per heavy atom. The third-order valence-electron chi connectivity index (χ3n) is 4.75. The van der Waals surface area contributed by atoms with Crippen molar-refractivity contribution < 1.29 is 14.4 Å². The lowest BCUT2D eigenvalue weighted by Gasteiger charge is -2.33. The first kappa shape index (κ1) is 17.6. The molecule has 1 N–H and O–H groups in total. The Kier molecular flexibility index (Phi) is 5.18. The number of nitrogens with zero attached hydrogens (tertiary/aromatic N) is 3. The van der Waals surface area contributed by atoms with E-state index in [4.69, 9.17) is 4.52 Å². The van der Waals surface area contributed by atoms with Crippen LogP contribution in [0.5, 0.6) is 0 Å². The smallest absolute Gasteiger partial charge is 0.307 e. The minimum Gasteiger partial charge on any atom is -0.481 e. The van der Waals surface area contributed by atoms with Gasteiger partial charge >= 0.3 is 5.97 Å². The van der Waals surface area contributed by atoms with E-state index in [0.717, 1.165) is 18.5 Å². The number of carbonyl (C=O) groups is 1. The molecule has 3 rings (SSSR count).